The van der Waals surface area contributed by atoms with Gasteiger partial charge in [-0.3, -0.25) is 0 Å². The standard InChI is InChI=1S/C17H23N3S/c1-4-18-15-14(9-10-17(15,2)3)21-16-12-7-5-6-8-13(12)19-11-20-16/h5-8,11,14-15,18H,4,9-10H2,1-3H3. The van der Waals surface area contributed by atoms with Crippen LogP contribution in [0.5, 0.6) is 0 Å². The minimum atomic E-state index is 0.358. The van der Waals surface area contributed by atoms with Crippen molar-refractivity contribution in [1.29, 1.82) is 0 Å². The van der Waals surface area contributed by atoms with Crippen molar-refractivity contribution in [2.75, 3.05) is 6.54 Å². The predicted octanol–water partition coefficient (Wildman–Crippen LogP) is 3.89. The summed E-state index contributed by atoms with van der Waals surface area (Å²) in [4.78, 5) is 8.90. The van der Waals surface area contributed by atoms with Crippen LogP contribution in [0.15, 0.2) is 35.6 Å². The number of benzene rings is 1. The summed E-state index contributed by atoms with van der Waals surface area (Å²) in [5.74, 6) is 0. The van der Waals surface area contributed by atoms with Crippen LogP contribution in [0.25, 0.3) is 10.9 Å². The number of fused-ring (bicyclic) bond motifs is 1. The van der Waals surface area contributed by atoms with E-state index in [0.717, 1.165) is 17.1 Å². The predicted molar refractivity (Wildman–Crippen MR) is 89.7 cm³/mol. The lowest BCUT2D eigenvalue weighted by atomic mass is 9.87. The van der Waals surface area contributed by atoms with E-state index in [-0.39, 0.29) is 0 Å². The maximum absolute atomic E-state index is 4.54. The van der Waals surface area contributed by atoms with E-state index in [9.17, 15) is 0 Å². The van der Waals surface area contributed by atoms with Crippen LogP contribution in [-0.2, 0) is 0 Å². The second-order valence-corrected chi connectivity index (χ2v) is 7.64. The molecule has 1 aliphatic rings. The maximum atomic E-state index is 4.54. The Labute approximate surface area is 131 Å². The molecular weight excluding hydrogens is 278 g/mol. The van der Waals surface area contributed by atoms with E-state index in [2.05, 4.69) is 54.3 Å². The highest BCUT2D eigenvalue weighted by molar-refractivity contribution is 8.00. The number of aromatic nitrogens is 2. The lowest BCUT2D eigenvalue weighted by Crippen LogP contribution is -2.43. The Bertz CT molecular complexity index is 621. The van der Waals surface area contributed by atoms with Crippen molar-refractivity contribution in [3.63, 3.8) is 0 Å². The van der Waals surface area contributed by atoms with Gasteiger partial charge in [0.2, 0.25) is 0 Å². The van der Waals surface area contributed by atoms with Crippen molar-refractivity contribution in [3.8, 4) is 0 Å². The third kappa shape index (κ3) is 2.92. The molecule has 2 aromatic rings. The van der Waals surface area contributed by atoms with Crippen molar-refractivity contribution >= 4 is 22.7 Å². The summed E-state index contributed by atoms with van der Waals surface area (Å²) >= 11 is 1.92. The Hall–Kier alpha value is -1.13. The van der Waals surface area contributed by atoms with Gasteiger partial charge in [0, 0.05) is 16.7 Å². The van der Waals surface area contributed by atoms with Gasteiger partial charge in [-0.15, -0.1) is 11.8 Å². The third-order valence-electron chi connectivity index (χ3n) is 4.48. The molecule has 2 atom stereocenters. The lowest BCUT2D eigenvalue weighted by molar-refractivity contribution is 0.290. The van der Waals surface area contributed by atoms with E-state index >= 15 is 0 Å². The SMILES string of the molecule is CCNC1C(Sc2ncnc3ccccc23)CCC1(C)C. The van der Waals surface area contributed by atoms with Gasteiger partial charge in [-0.05, 0) is 30.9 Å². The molecule has 0 amide bonds. The van der Waals surface area contributed by atoms with Crippen LogP contribution in [0.1, 0.15) is 33.6 Å². The molecule has 0 saturated heterocycles. The van der Waals surface area contributed by atoms with Crippen molar-refractivity contribution in [2.24, 2.45) is 5.41 Å². The average Bonchev–Trinajstić information content (AvgIpc) is 2.76. The normalized spacial score (nSPS) is 24.5. The first-order valence-electron chi connectivity index (χ1n) is 7.71. The highest BCUT2D eigenvalue weighted by Crippen LogP contribution is 2.45. The molecule has 3 nitrogen and oxygen atoms in total. The van der Waals surface area contributed by atoms with Gasteiger partial charge < -0.3 is 5.32 Å². The minimum Gasteiger partial charge on any atom is -0.313 e. The number of thioether (sulfide) groups is 1. The van der Waals surface area contributed by atoms with Crippen molar-refractivity contribution < 1.29 is 0 Å². The second kappa shape index (κ2) is 5.93. The van der Waals surface area contributed by atoms with Gasteiger partial charge in [0.25, 0.3) is 0 Å². The maximum Gasteiger partial charge on any atom is 0.117 e. The highest BCUT2D eigenvalue weighted by atomic mass is 32.2. The van der Waals surface area contributed by atoms with Gasteiger partial charge in [0.15, 0.2) is 0 Å². The first-order chi connectivity index (χ1) is 10.1. The Balaban J connectivity index is 1.88. The fraction of sp³-hybridized carbons (Fsp3) is 0.529. The molecule has 1 N–H and O–H groups in total. The van der Waals surface area contributed by atoms with E-state index in [1.807, 2.05) is 17.8 Å². The number of nitrogens with zero attached hydrogens (tertiary/aromatic N) is 2. The number of rotatable bonds is 4. The first-order valence-corrected chi connectivity index (χ1v) is 8.59. The topological polar surface area (TPSA) is 37.8 Å². The molecule has 0 bridgehead atoms. The Morgan fingerprint density at radius 2 is 2.10 bits per heavy atom. The largest absolute Gasteiger partial charge is 0.313 e. The Morgan fingerprint density at radius 1 is 1.29 bits per heavy atom. The minimum absolute atomic E-state index is 0.358. The van der Waals surface area contributed by atoms with E-state index in [4.69, 9.17) is 0 Å². The molecule has 0 spiro atoms. The lowest BCUT2D eigenvalue weighted by Gasteiger charge is -2.31. The monoisotopic (exact) mass is 301 g/mol. The third-order valence-corrected chi connectivity index (χ3v) is 5.84. The zero-order chi connectivity index (χ0) is 14.9. The van der Waals surface area contributed by atoms with Gasteiger partial charge in [0.1, 0.15) is 11.4 Å². The van der Waals surface area contributed by atoms with Gasteiger partial charge >= 0.3 is 0 Å². The Morgan fingerprint density at radius 3 is 2.90 bits per heavy atom. The molecule has 1 fully saturated rings. The van der Waals surface area contributed by atoms with Gasteiger partial charge in [-0.2, -0.15) is 0 Å². The molecule has 1 saturated carbocycles. The molecule has 3 rings (SSSR count). The fourth-order valence-corrected chi connectivity index (χ4v) is 4.84. The molecule has 0 radical (unpaired) electrons. The van der Waals surface area contributed by atoms with Crippen LogP contribution in [0.3, 0.4) is 0 Å². The van der Waals surface area contributed by atoms with Crippen LogP contribution >= 0.6 is 11.8 Å². The number of hydrogen-bond acceptors (Lipinski definition) is 4. The number of nitrogens with one attached hydrogen (secondary N) is 1. The summed E-state index contributed by atoms with van der Waals surface area (Å²) < 4.78 is 0. The summed E-state index contributed by atoms with van der Waals surface area (Å²) in [6.45, 7) is 7.96. The van der Waals surface area contributed by atoms with Crippen molar-refractivity contribution in [3.05, 3.63) is 30.6 Å². The van der Waals surface area contributed by atoms with Gasteiger partial charge in [0.05, 0.1) is 5.52 Å². The zero-order valence-electron chi connectivity index (χ0n) is 13.0. The molecule has 1 aromatic heterocycles. The van der Waals surface area contributed by atoms with E-state index < -0.39 is 0 Å². The summed E-state index contributed by atoms with van der Waals surface area (Å²) in [6.07, 6.45) is 4.20. The van der Waals surface area contributed by atoms with Crippen LogP contribution in [0, 0.1) is 5.41 Å². The van der Waals surface area contributed by atoms with Crippen LogP contribution in [-0.4, -0.2) is 27.8 Å². The number of para-hydroxylation sites is 1. The smallest absolute Gasteiger partial charge is 0.117 e. The molecule has 1 heterocycles. The molecule has 2 unspecified atom stereocenters. The van der Waals surface area contributed by atoms with Gasteiger partial charge in [-0.25, -0.2) is 9.97 Å². The second-order valence-electron chi connectivity index (χ2n) is 6.41. The molecule has 21 heavy (non-hydrogen) atoms. The molecular formula is C17H23N3S. The summed E-state index contributed by atoms with van der Waals surface area (Å²) in [7, 11) is 0. The van der Waals surface area contributed by atoms with Crippen LogP contribution < -0.4 is 5.32 Å². The van der Waals surface area contributed by atoms with E-state index in [1.165, 1.54) is 18.2 Å². The first kappa shape index (κ1) is 14.8. The quantitative estimate of drug-likeness (QED) is 0.870. The Kier molecular flexibility index (Phi) is 4.18. The molecule has 112 valence electrons. The molecule has 1 aliphatic carbocycles. The highest BCUT2D eigenvalue weighted by Gasteiger charge is 2.42. The molecule has 1 aromatic carbocycles. The molecule has 0 aliphatic heterocycles. The van der Waals surface area contributed by atoms with Crippen LogP contribution in [0.4, 0.5) is 0 Å². The average molecular weight is 301 g/mol. The summed E-state index contributed by atoms with van der Waals surface area (Å²) in [5, 5.41) is 6.56. The van der Waals surface area contributed by atoms with Gasteiger partial charge in [-0.1, -0.05) is 39.0 Å². The molecule has 4 heteroatoms. The fourth-order valence-electron chi connectivity index (χ4n) is 3.31. The van der Waals surface area contributed by atoms with E-state index in [1.54, 1.807) is 6.33 Å². The van der Waals surface area contributed by atoms with Crippen LogP contribution in [0.2, 0.25) is 0 Å². The number of hydrogen-bond donors (Lipinski definition) is 1. The summed E-state index contributed by atoms with van der Waals surface area (Å²) in [6, 6.07) is 8.82. The summed E-state index contributed by atoms with van der Waals surface area (Å²) in [5.41, 5.74) is 1.39. The zero-order valence-corrected chi connectivity index (χ0v) is 13.8. The van der Waals surface area contributed by atoms with Crippen molar-refractivity contribution in [1.82, 2.24) is 15.3 Å². The van der Waals surface area contributed by atoms with Crippen molar-refractivity contribution in [2.45, 2.75) is 49.9 Å². The van der Waals surface area contributed by atoms with E-state index in [0.29, 0.717) is 16.7 Å².